The Morgan fingerprint density at radius 3 is 2.69 bits per heavy atom. The van der Waals surface area contributed by atoms with Crippen LogP contribution in [0, 0.1) is 6.92 Å². The quantitative estimate of drug-likeness (QED) is 0.875. The topological polar surface area (TPSA) is 56.8 Å². The van der Waals surface area contributed by atoms with Gasteiger partial charge in [-0.2, -0.15) is 0 Å². The summed E-state index contributed by atoms with van der Waals surface area (Å²) in [6.45, 7) is 5.80. The van der Waals surface area contributed by atoms with Crippen LogP contribution in [0.4, 0.5) is 5.69 Å². The van der Waals surface area contributed by atoms with Crippen molar-refractivity contribution in [2.75, 3.05) is 19.0 Å². The van der Waals surface area contributed by atoms with Crippen molar-refractivity contribution in [1.29, 1.82) is 0 Å². The van der Waals surface area contributed by atoms with Gasteiger partial charge in [-0.3, -0.25) is 4.79 Å². The molecule has 2 aromatic carbocycles. The second-order valence-electron chi connectivity index (χ2n) is 6.73. The number of carbonyl (C=O) groups is 1. The van der Waals surface area contributed by atoms with Crippen molar-refractivity contribution in [1.82, 2.24) is 0 Å². The first-order valence-electron chi connectivity index (χ1n) is 8.46. The van der Waals surface area contributed by atoms with Crippen LogP contribution in [0.15, 0.2) is 42.5 Å². The zero-order valence-electron chi connectivity index (χ0n) is 15.5. The molecule has 1 heterocycles. The van der Waals surface area contributed by atoms with Gasteiger partial charge in [0.25, 0.3) is 5.91 Å². The summed E-state index contributed by atoms with van der Waals surface area (Å²) in [6.07, 6.45) is 3.97. The molecule has 1 amide bonds. The van der Waals surface area contributed by atoms with E-state index in [2.05, 4.69) is 5.32 Å². The minimum absolute atomic E-state index is 0.112. The van der Waals surface area contributed by atoms with E-state index in [0.717, 1.165) is 22.6 Å². The average Bonchev–Trinajstić information content (AvgIpc) is 2.60. The van der Waals surface area contributed by atoms with Gasteiger partial charge in [-0.25, -0.2) is 0 Å². The number of hydrogen-bond acceptors (Lipinski definition) is 4. The molecule has 0 unspecified atom stereocenters. The van der Waals surface area contributed by atoms with Gasteiger partial charge in [-0.1, -0.05) is 24.3 Å². The Balaban J connectivity index is 1.72. The second kappa shape index (κ2) is 7.12. The van der Waals surface area contributed by atoms with Crippen molar-refractivity contribution in [2.24, 2.45) is 0 Å². The molecule has 0 fully saturated rings. The van der Waals surface area contributed by atoms with Crippen molar-refractivity contribution in [3.05, 3.63) is 53.6 Å². The predicted molar refractivity (Wildman–Crippen MR) is 102 cm³/mol. The summed E-state index contributed by atoms with van der Waals surface area (Å²) in [5.74, 6) is 1.52. The van der Waals surface area contributed by atoms with Gasteiger partial charge in [-0.15, -0.1) is 0 Å². The number of benzene rings is 2. The highest BCUT2D eigenvalue weighted by molar-refractivity contribution is 5.92. The summed E-state index contributed by atoms with van der Waals surface area (Å²) in [5.41, 5.74) is 2.29. The van der Waals surface area contributed by atoms with Crippen LogP contribution in [0.5, 0.6) is 17.2 Å². The zero-order chi connectivity index (χ0) is 18.7. The van der Waals surface area contributed by atoms with Crippen LogP contribution in [0.25, 0.3) is 6.08 Å². The Morgan fingerprint density at radius 2 is 1.96 bits per heavy atom. The SMILES string of the molecule is COc1cc2c(cc1OCC(=O)Nc1ccccc1C)C=CC(C)(C)O2. The fourth-order valence-electron chi connectivity index (χ4n) is 2.70. The van der Waals surface area contributed by atoms with E-state index in [-0.39, 0.29) is 18.1 Å². The monoisotopic (exact) mass is 353 g/mol. The molecule has 0 radical (unpaired) electrons. The van der Waals surface area contributed by atoms with E-state index in [1.54, 1.807) is 13.2 Å². The Hall–Kier alpha value is -2.95. The first-order chi connectivity index (χ1) is 12.4. The van der Waals surface area contributed by atoms with E-state index in [1.807, 2.05) is 63.3 Å². The van der Waals surface area contributed by atoms with E-state index in [9.17, 15) is 4.79 Å². The lowest BCUT2D eigenvalue weighted by molar-refractivity contribution is -0.118. The Morgan fingerprint density at radius 1 is 1.19 bits per heavy atom. The smallest absolute Gasteiger partial charge is 0.262 e. The number of aryl methyl sites for hydroxylation is 1. The van der Waals surface area contributed by atoms with Crippen LogP contribution < -0.4 is 19.5 Å². The molecule has 1 N–H and O–H groups in total. The number of amides is 1. The summed E-state index contributed by atoms with van der Waals surface area (Å²) in [4.78, 5) is 12.2. The summed E-state index contributed by atoms with van der Waals surface area (Å²) in [5, 5.41) is 2.85. The van der Waals surface area contributed by atoms with E-state index >= 15 is 0 Å². The van der Waals surface area contributed by atoms with E-state index in [0.29, 0.717) is 11.5 Å². The molecule has 136 valence electrons. The number of anilines is 1. The highest BCUT2D eigenvalue weighted by Crippen LogP contribution is 2.39. The third-order valence-corrected chi connectivity index (χ3v) is 4.11. The summed E-state index contributed by atoms with van der Waals surface area (Å²) in [7, 11) is 1.56. The zero-order valence-corrected chi connectivity index (χ0v) is 15.5. The number of ether oxygens (including phenoxy) is 3. The van der Waals surface area contributed by atoms with Gasteiger partial charge in [0.2, 0.25) is 0 Å². The maximum atomic E-state index is 12.2. The van der Waals surface area contributed by atoms with Gasteiger partial charge in [0.15, 0.2) is 18.1 Å². The molecule has 0 aliphatic carbocycles. The summed E-state index contributed by atoms with van der Waals surface area (Å²) < 4.78 is 17.0. The van der Waals surface area contributed by atoms with Gasteiger partial charge < -0.3 is 19.5 Å². The predicted octanol–water partition coefficient (Wildman–Crippen LogP) is 4.21. The van der Waals surface area contributed by atoms with Crippen molar-refractivity contribution < 1.29 is 19.0 Å². The normalized spacial score (nSPS) is 14.2. The maximum Gasteiger partial charge on any atom is 0.262 e. The number of methoxy groups -OCH3 is 1. The van der Waals surface area contributed by atoms with Crippen molar-refractivity contribution in [3.8, 4) is 17.2 Å². The molecule has 0 aromatic heterocycles. The molecule has 5 nitrogen and oxygen atoms in total. The number of nitrogens with one attached hydrogen (secondary N) is 1. The van der Waals surface area contributed by atoms with Gasteiger partial charge >= 0.3 is 0 Å². The van der Waals surface area contributed by atoms with E-state index in [1.165, 1.54) is 0 Å². The highest BCUT2D eigenvalue weighted by Gasteiger charge is 2.23. The molecule has 0 bridgehead atoms. The molecule has 1 aliphatic heterocycles. The van der Waals surface area contributed by atoms with Gasteiger partial charge in [0, 0.05) is 17.3 Å². The molecule has 0 atom stereocenters. The van der Waals surface area contributed by atoms with Crippen molar-refractivity contribution in [2.45, 2.75) is 26.4 Å². The molecule has 0 saturated carbocycles. The highest BCUT2D eigenvalue weighted by atomic mass is 16.5. The van der Waals surface area contributed by atoms with Crippen molar-refractivity contribution >= 4 is 17.7 Å². The standard InChI is InChI=1S/C21H23NO4/c1-14-7-5-6-8-16(14)22-20(23)13-25-19-11-15-9-10-21(2,3)26-17(15)12-18(19)24-4/h5-12H,13H2,1-4H3,(H,22,23). The minimum atomic E-state index is -0.367. The third-order valence-electron chi connectivity index (χ3n) is 4.11. The molecule has 5 heteroatoms. The summed E-state index contributed by atoms with van der Waals surface area (Å²) >= 11 is 0. The van der Waals surface area contributed by atoms with Gasteiger partial charge in [0.05, 0.1) is 7.11 Å². The van der Waals surface area contributed by atoms with Crippen LogP contribution in [0.1, 0.15) is 25.0 Å². The van der Waals surface area contributed by atoms with Crippen LogP contribution in [0.2, 0.25) is 0 Å². The van der Waals surface area contributed by atoms with Gasteiger partial charge in [-0.05, 0) is 44.5 Å². The lowest BCUT2D eigenvalue weighted by Crippen LogP contribution is -2.27. The fraction of sp³-hybridized carbons (Fsp3) is 0.286. The molecule has 26 heavy (non-hydrogen) atoms. The molecule has 2 aromatic rings. The lowest BCUT2D eigenvalue weighted by Gasteiger charge is -2.28. The largest absolute Gasteiger partial charge is 0.493 e. The molecule has 0 saturated heterocycles. The number of rotatable bonds is 5. The summed E-state index contributed by atoms with van der Waals surface area (Å²) in [6, 6.07) is 11.2. The average molecular weight is 353 g/mol. The van der Waals surface area contributed by atoms with Crippen molar-refractivity contribution in [3.63, 3.8) is 0 Å². The maximum absolute atomic E-state index is 12.2. The Kier molecular flexibility index (Phi) is 4.89. The molecule has 0 spiro atoms. The fourth-order valence-corrected chi connectivity index (χ4v) is 2.70. The first-order valence-corrected chi connectivity index (χ1v) is 8.46. The van der Waals surface area contributed by atoms with Crippen LogP contribution in [-0.4, -0.2) is 25.2 Å². The second-order valence-corrected chi connectivity index (χ2v) is 6.73. The number of para-hydroxylation sites is 1. The number of fused-ring (bicyclic) bond motifs is 1. The molecule has 1 aliphatic rings. The molecule has 3 rings (SSSR count). The number of hydrogen-bond donors (Lipinski definition) is 1. The van der Waals surface area contributed by atoms with E-state index < -0.39 is 0 Å². The third kappa shape index (κ3) is 3.99. The van der Waals surface area contributed by atoms with E-state index in [4.69, 9.17) is 14.2 Å². The first kappa shape index (κ1) is 17.9. The Labute approximate surface area is 153 Å². The lowest BCUT2D eigenvalue weighted by atomic mass is 10.0. The minimum Gasteiger partial charge on any atom is -0.493 e. The Bertz CT molecular complexity index is 855. The van der Waals surface area contributed by atoms with Crippen LogP contribution >= 0.6 is 0 Å². The van der Waals surface area contributed by atoms with Crippen LogP contribution in [0.3, 0.4) is 0 Å². The van der Waals surface area contributed by atoms with Gasteiger partial charge in [0.1, 0.15) is 11.4 Å². The molecular formula is C21H23NO4. The number of carbonyl (C=O) groups excluding carboxylic acids is 1. The molecular weight excluding hydrogens is 330 g/mol. The van der Waals surface area contributed by atoms with Crippen LogP contribution in [-0.2, 0) is 4.79 Å².